The van der Waals surface area contributed by atoms with Gasteiger partial charge >= 0.3 is 0 Å². The molecule has 1 aliphatic rings. The lowest BCUT2D eigenvalue weighted by molar-refractivity contribution is -0.189. The number of aliphatic hydroxyl groups is 1. The van der Waals surface area contributed by atoms with E-state index in [-0.39, 0.29) is 0 Å². The predicted octanol–water partition coefficient (Wildman–Crippen LogP) is 4.05. The predicted molar refractivity (Wildman–Crippen MR) is 100 cm³/mol. The molecule has 1 aromatic carbocycles. The molecule has 1 atom stereocenters. The van der Waals surface area contributed by atoms with Gasteiger partial charge in [-0.2, -0.15) is 0 Å². The van der Waals surface area contributed by atoms with Crippen LogP contribution in [0.4, 0.5) is 0 Å². The second-order valence-electron chi connectivity index (χ2n) is 7.31. The Labute approximate surface area is 152 Å². The van der Waals surface area contributed by atoms with Gasteiger partial charge in [-0.05, 0) is 24.0 Å². The molecular weight excluding hydrogens is 314 g/mol. The number of benzene rings is 1. The first-order chi connectivity index (χ1) is 12.1. The number of carbonyl (C=O) groups excluding carboxylic acids is 1. The third-order valence-corrected chi connectivity index (χ3v) is 5.05. The van der Waals surface area contributed by atoms with Crippen molar-refractivity contribution in [1.29, 1.82) is 0 Å². The smallest absolute Gasteiger partial charge is 0.295 e. The number of ether oxygens (including phenoxy) is 1. The van der Waals surface area contributed by atoms with E-state index in [1.54, 1.807) is 0 Å². The van der Waals surface area contributed by atoms with Crippen LogP contribution in [0.5, 0.6) is 0 Å². The molecule has 0 saturated carbocycles. The molecule has 0 radical (unpaired) electrons. The van der Waals surface area contributed by atoms with Crippen molar-refractivity contribution in [1.82, 2.24) is 4.90 Å². The molecule has 2 rings (SSSR count). The van der Waals surface area contributed by atoms with Crippen molar-refractivity contribution in [3.63, 3.8) is 0 Å². The number of aryl methyl sites for hydroxylation is 1. The molecule has 1 aromatic rings. The van der Waals surface area contributed by atoms with Gasteiger partial charge in [-0.15, -0.1) is 0 Å². The zero-order valence-corrected chi connectivity index (χ0v) is 15.6. The van der Waals surface area contributed by atoms with Gasteiger partial charge in [0.2, 0.25) is 5.79 Å². The number of hydrogen-bond donors (Lipinski definition) is 1. The molecule has 1 fully saturated rings. The second kappa shape index (κ2) is 10.6. The van der Waals surface area contributed by atoms with Crippen molar-refractivity contribution in [3.8, 4) is 0 Å². The van der Waals surface area contributed by atoms with Crippen LogP contribution < -0.4 is 0 Å². The lowest BCUT2D eigenvalue weighted by Crippen LogP contribution is -2.35. The van der Waals surface area contributed by atoms with Crippen LogP contribution in [0.15, 0.2) is 24.3 Å². The van der Waals surface area contributed by atoms with Crippen LogP contribution in [-0.2, 0) is 22.5 Å². The van der Waals surface area contributed by atoms with E-state index in [4.69, 9.17) is 4.74 Å². The average Bonchev–Trinajstić information content (AvgIpc) is 2.96. The quantitative estimate of drug-likeness (QED) is 0.352. The maximum absolute atomic E-state index is 10.4. The molecule has 1 heterocycles. The molecule has 0 aromatic heterocycles. The summed E-state index contributed by atoms with van der Waals surface area (Å²) in [7, 11) is 0. The van der Waals surface area contributed by atoms with E-state index >= 15 is 0 Å². The van der Waals surface area contributed by atoms with Gasteiger partial charge in [0.25, 0.3) is 6.47 Å². The molecule has 0 spiro atoms. The Hall–Kier alpha value is -1.39. The molecule has 1 unspecified atom stereocenters. The van der Waals surface area contributed by atoms with Crippen molar-refractivity contribution in [3.05, 3.63) is 35.4 Å². The summed E-state index contributed by atoms with van der Waals surface area (Å²) in [5.41, 5.74) is 2.64. The maximum atomic E-state index is 10.4. The van der Waals surface area contributed by atoms with Crippen molar-refractivity contribution in [2.75, 3.05) is 13.1 Å². The number of carbonyl (C=O) groups is 1. The number of unbranched alkanes of at least 4 members (excludes halogenated alkanes) is 6. The number of rotatable bonds is 12. The van der Waals surface area contributed by atoms with Gasteiger partial charge in [-0.1, -0.05) is 69.7 Å². The largest absolute Gasteiger partial charge is 0.434 e. The summed E-state index contributed by atoms with van der Waals surface area (Å²) in [4.78, 5) is 12.6. The van der Waals surface area contributed by atoms with Crippen molar-refractivity contribution >= 4 is 6.47 Å². The standard InChI is InChI=1S/C21H33NO3/c1-2-3-4-5-6-7-8-9-19-10-12-20(13-11-19)16-22-15-14-21(24,17-22)25-18-23/h10-13,18,24H,2-9,14-17H2,1H3. The SMILES string of the molecule is CCCCCCCCCc1ccc(CN2CCC(O)(OC=O)C2)cc1. The monoisotopic (exact) mass is 347 g/mol. The Bertz CT molecular complexity index is 502. The summed E-state index contributed by atoms with van der Waals surface area (Å²) in [6.07, 6.45) is 11.0. The second-order valence-corrected chi connectivity index (χ2v) is 7.31. The van der Waals surface area contributed by atoms with E-state index in [1.807, 2.05) is 0 Å². The minimum Gasteiger partial charge on any atom is -0.434 e. The van der Waals surface area contributed by atoms with E-state index < -0.39 is 5.79 Å². The first-order valence-corrected chi connectivity index (χ1v) is 9.79. The number of likely N-dealkylation sites (tertiary alicyclic amines) is 1. The van der Waals surface area contributed by atoms with E-state index in [1.165, 1.54) is 56.1 Å². The molecule has 25 heavy (non-hydrogen) atoms. The topological polar surface area (TPSA) is 49.8 Å². The lowest BCUT2D eigenvalue weighted by atomic mass is 10.0. The zero-order chi connectivity index (χ0) is 18.0. The van der Waals surface area contributed by atoms with E-state index in [9.17, 15) is 9.90 Å². The summed E-state index contributed by atoms with van der Waals surface area (Å²) in [5.74, 6) is -1.31. The third-order valence-electron chi connectivity index (χ3n) is 5.05. The molecule has 140 valence electrons. The van der Waals surface area contributed by atoms with E-state index in [0.29, 0.717) is 19.4 Å². The summed E-state index contributed by atoms with van der Waals surface area (Å²) in [5, 5.41) is 10.1. The van der Waals surface area contributed by atoms with Crippen molar-refractivity contribution in [2.24, 2.45) is 0 Å². The van der Waals surface area contributed by atoms with E-state index in [2.05, 4.69) is 36.1 Å². The van der Waals surface area contributed by atoms with Crippen LogP contribution in [0, 0.1) is 0 Å². The molecule has 1 saturated heterocycles. The molecule has 4 heteroatoms. The average molecular weight is 347 g/mol. The van der Waals surface area contributed by atoms with Crippen LogP contribution in [0.3, 0.4) is 0 Å². The van der Waals surface area contributed by atoms with Crippen molar-refractivity contribution in [2.45, 2.75) is 77.0 Å². The zero-order valence-electron chi connectivity index (χ0n) is 15.6. The fourth-order valence-electron chi connectivity index (χ4n) is 3.52. The third kappa shape index (κ3) is 7.17. The molecule has 1 N–H and O–H groups in total. The van der Waals surface area contributed by atoms with Gasteiger partial charge in [0.15, 0.2) is 0 Å². The molecule has 1 aliphatic heterocycles. The lowest BCUT2D eigenvalue weighted by Gasteiger charge is -2.21. The summed E-state index contributed by atoms with van der Waals surface area (Å²) in [6, 6.07) is 8.79. The van der Waals surface area contributed by atoms with Crippen LogP contribution >= 0.6 is 0 Å². The number of β-amino-alcohol motifs (C(OH)–C–C–N with tert-alkyl or cyclic N) is 1. The summed E-state index contributed by atoms with van der Waals surface area (Å²) in [6.45, 7) is 4.49. The Morgan fingerprint density at radius 3 is 2.40 bits per heavy atom. The van der Waals surface area contributed by atoms with E-state index in [0.717, 1.165) is 19.5 Å². The summed E-state index contributed by atoms with van der Waals surface area (Å²) < 4.78 is 4.80. The highest BCUT2D eigenvalue weighted by molar-refractivity contribution is 5.38. The molecule has 0 amide bonds. The fraction of sp³-hybridized carbons (Fsp3) is 0.667. The van der Waals surface area contributed by atoms with Crippen molar-refractivity contribution < 1.29 is 14.6 Å². The molecule has 0 bridgehead atoms. The molecular formula is C21H33NO3. The fourth-order valence-corrected chi connectivity index (χ4v) is 3.52. The Morgan fingerprint density at radius 1 is 1.08 bits per heavy atom. The molecule has 4 nitrogen and oxygen atoms in total. The van der Waals surface area contributed by atoms with Gasteiger partial charge in [-0.3, -0.25) is 9.69 Å². The Morgan fingerprint density at radius 2 is 1.72 bits per heavy atom. The number of hydrogen-bond acceptors (Lipinski definition) is 4. The van der Waals surface area contributed by atoms with Gasteiger partial charge in [0.05, 0.1) is 6.54 Å². The highest BCUT2D eigenvalue weighted by Gasteiger charge is 2.37. The highest BCUT2D eigenvalue weighted by Crippen LogP contribution is 2.23. The number of nitrogens with zero attached hydrogens (tertiary/aromatic N) is 1. The first kappa shape index (κ1) is 19.9. The maximum Gasteiger partial charge on any atom is 0.295 e. The normalized spacial score (nSPS) is 20.7. The van der Waals surface area contributed by atoms with Gasteiger partial charge in [-0.25, -0.2) is 0 Å². The molecule has 0 aliphatic carbocycles. The van der Waals surface area contributed by atoms with Crippen LogP contribution in [-0.4, -0.2) is 35.4 Å². The first-order valence-electron chi connectivity index (χ1n) is 9.79. The minimum atomic E-state index is -1.31. The van der Waals surface area contributed by atoms with Gasteiger partial charge < -0.3 is 9.84 Å². The Kier molecular flexibility index (Phi) is 8.42. The van der Waals surface area contributed by atoms with Gasteiger partial charge in [0.1, 0.15) is 0 Å². The van der Waals surface area contributed by atoms with Crippen LogP contribution in [0.1, 0.15) is 69.4 Å². The van der Waals surface area contributed by atoms with Crippen LogP contribution in [0.25, 0.3) is 0 Å². The minimum absolute atomic E-state index is 0.335. The Balaban J connectivity index is 1.65. The van der Waals surface area contributed by atoms with Crippen LogP contribution in [0.2, 0.25) is 0 Å². The summed E-state index contributed by atoms with van der Waals surface area (Å²) >= 11 is 0. The highest BCUT2D eigenvalue weighted by atomic mass is 16.6. The van der Waals surface area contributed by atoms with Gasteiger partial charge in [0, 0.05) is 19.5 Å².